The van der Waals surface area contributed by atoms with Gasteiger partial charge in [0, 0.05) is 13.0 Å². The molecule has 1 aliphatic carbocycles. The average molecular weight is 266 g/mol. The van der Waals surface area contributed by atoms with E-state index < -0.39 is 12.1 Å². The van der Waals surface area contributed by atoms with Gasteiger partial charge in [0.15, 0.2) is 0 Å². The number of hydrogen-bond donors (Lipinski definition) is 2. The monoisotopic (exact) mass is 266 g/mol. The van der Waals surface area contributed by atoms with E-state index in [-0.39, 0.29) is 17.9 Å². The Morgan fingerprint density at radius 3 is 2.68 bits per heavy atom. The first-order valence-corrected chi connectivity index (χ1v) is 7.44. The maximum Gasteiger partial charge on any atom is 0.245 e. The molecule has 0 aromatic heterocycles. The molecule has 19 heavy (non-hydrogen) atoms. The van der Waals surface area contributed by atoms with Gasteiger partial charge in [0.05, 0.1) is 6.10 Å². The molecule has 2 amide bonds. The number of carbonyl (C=O) groups is 2. The van der Waals surface area contributed by atoms with Crippen LogP contribution in [0, 0.1) is 5.92 Å². The molecule has 3 aliphatic rings. The van der Waals surface area contributed by atoms with Crippen LogP contribution in [0.2, 0.25) is 0 Å². The topological polar surface area (TPSA) is 69.6 Å². The quantitative estimate of drug-likeness (QED) is 0.761. The van der Waals surface area contributed by atoms with Gasteiger partial charge in [0.1, 0.15) is 12.1 Å². The lowest BCUT2D eigenvalue weighted by atomic mass is 9.84. The zero-order valence-corrected chi connectivity index (χ0v) is 11.2. The van der Waals surface area contributed by atoms with E-state index in [0.717, 1.165) is 6.42 Å². The minimum atomic E-state index is -0.548. The largest absolute Gasteiger partial charge is 0.391 e. The Morgan fingerprint density at radius 2 is 1.95 bits per heavy atom. The van der Waals surface area contributed by atoms with Gasteiger partial charge >= 0.3 is 0 Å². The number of nitrogens with one attached hydrogen (secondary N) is 1. The highest BCUT2D eigenvalue weighted by Gasteiger charge is 2.46. The van der Waals surface area contributed by atoms with E-state index in [1.165, 1.54) is 32.1 Å². The van der Waals surface area contributed by atoms with E-state index in [9.17, 15) is 14.7 Å². The highest BCUT2D eigenvalue weighted by atomic mass is 16.3. The Kier molecular flexibility index (Phi) is 3.48. The van der Waals surface area contributed by atoms with Crippen LogP contribution in [0.25, 0.3) is 0 Å². The third-order valence-corrected chi connectivity index (χ3v) is 4.77. The van der Waals surface area contributed by atoms with Crippen LogP contribution in [0.5, 0.6) is 0 Å². The number of amides is 2. The number of aliphatic hydroxyl groups is 1. The van der Waals surface area contributed by atoms with Crippen LogP contribution in [0.15, 0.2) is 0 Å². The van der Waals surface area contributed by atoms with Crippen molar-refractivity contribution in [3.05, 3.63) is 0 Å². The van der Waals surface area contributed by atoms with Crippen molar-refractivity contribution >= 4 is 11.8 Å². The summed E-state index contributed by atoms with van der Waals surface area (Å²) in [7, 11) is 0. The van der Waals surface area contributed by atoms with Gasteiger partial charge in [-0.1, -0.05) is 32.1 Å². The van der Waals surface area contributed by atoms with Crippen molar-refractivity contribution < 1.29 is 14.7 Å². The zero-order valence-electron chi connectivity index (χ0n) is 11.2. The van der Waals surface area contributed by atoms with Crippen molar-refractivity contribution in [2.24, 2.45) is 5.92 Å². The molecule has 0 unspecified atom stereocenters. The standard InChI is InChI=1S/C14H22N2O3/c17-10-7-12-13(18)15-11(14(19)16(12)8-10)6-9-4-2-1-3-5-9/h9-12,17H,1-8H2,(H,15,18)/t10-,11+,12+/m1/s1. The van der Waals surface area contributed by atoms with Gasteiger partial charge in [-0.2, -0.15) is 0 Å². The summed E-state index contributed by atoms with van der Waals surface area (Å²) in [5, 5.41) is 12.5. The van der Waals surface area contributed by atoms with Gasteiger partial charge in [-0.25, -0.2) is 0 Å². The second-order valence-corrected chi connectivity index (χ2v) is 6.20. The second kappa shape index (κ2) is 5.12. The summed E-state index contributed by atoms with van der Waals surface area (Å²) < 4.78 is 0. The van der Waals surface area contributed by atoms with E-state index in [2.05, 4.69) is 5.32 Å². The maximum absolute atomic E-state index is 12.4. The third kappa shape index (κ3) is 2.48. The third-order valence-electron chi connectivity index (χ3n) is 4.77. The molecule has 2 saturated heterocycles. The predicted octanol–water partition coefficient (Wildman–Crippen LogP) is 0.417. The van der Waals surface area contributed by atoms with E-state index in [1.54, 1.807) is 4.90 Å². The highest BCUT2D eigenvalue weighted by molar-refractivity contribution is 5.97. The molecule has 0 spiro atoms. The van der Waals surface area contributed by atoms with Crippen molar-refractivity contribution in [3.63, 3.8) is 0 Å². The number of aliphatic hydroxyl groups excluding tert-OH is 1. The minimum absolute atomic E-state index is 0.00623. The Hall–Kier alpha value is -1.10. The molecular formula is C14H22N2O3. The summed E-state index contributed by atoms with van der Waals surface area (Å²) >= 11 is 0. The number of fused-ring (bicyclic) bond motifs is 1. The lowest BCUT2D eigenvalue weighted by Gasteiger charge is -2.36. The summed E-state index contributed by atoms with van der Waals surface area (Å²) in [6.07, 6.45) is 6.72. The van der Waals surface area contributed by atoms with Gasteiger partial charge in [0.2, 0.25) is 11.8 Å². The number of hydrogen-bond acceptors (Lipinski definition) is 3. The summed E-state index contributed by atoms with van der Waals surface area (Å²) in [6, 6.07) is -0.803. The molecule has 106 valence electrons. The molecule has 2 N–H and O–H groups in total. The van der Waals surface area contributed by atoms with Crippen LogP contribution >= 0.6 is 0 Å². The fourth-order valence-electron chi connectivity index (χ4n) is 3.75. The molecule has 3 rings (SSSR count). The first-order chi connectivity index (χ1) is 9.15. The molecule has 2 heterocycles. The van der Waals surface area contributed by atoms with Crippen molar-refractivity contribution in [1.82, 2.24) is 10.2 Å². The van der Waals surface area contributed by atoms with Gasteiger partial charge < -0.3 is 15.3 Å². The molecule has 5 heteroatoms. The molecule has 5 nitrogen and oxygen atoms in total. The molecule has 3 fully saturated rings. The van der Waals surface area contributed by atoms with E-state index >= 15 is 0 Å². The van der Waals surface area contributed by atoms with Crippen molar-refractivity contribution in [2.45, 2.75) is 63.1 Å². The smallest absolute Gasteiger partial charge is 0.245 e. The van der Waals surface area contributed by atoms with Gasteiger partial charge in [-0.05, 0) is 12.3 Å². The van der Waals surface area contributed by atoms with Crippen LogP contribution in [0.1, 0.15) is 44.9 Å². The maximum atomic E-state index is 12.4. The second-order valence-electron chi connectivity index (χ2n) is 6.20. The summed E-state index contributed by atoms with van der Waals surface area (Å²) in [4.78, 5) is 26.0. The van der Waals surface area contributed by atoms with Gasteiger partial charge in [-0.15, -0.1) is 0 Å². The van der Waals surface area contributed by atoms with Crippen molar-refractivity contribution in [2.75, 3.05) is 6.54 Å². The highest BCUT2D eigenvalue weighted by Crippen LogP contribution is 2.30. The Bertz CT molecular complexity index is 379. The number of rotatable bonds is 2. The molecule has 0 aromatic rings. The van der Waals surface area contributed by atoms with Crippen LogP contribution in [-0.2, 0) is 9.59 Å². The Labute approximate surface area is 113 Å². The first-order valence-electron chi connectivity index (χ1n) is 7.44. The van der Waals surface area contributed by atoms with Crippen molar-refractivity contribution in [1.29, 1.82) is 0 Å². The fourth-order valence-corrected chi connectivity index (χ4v) is 3.75. The molecule has 0 radical (unpaired) electrons. The first kappa shape index (κ1) is 12.9. The molecule has 3 atom stereocenters. The molecule has 0 aromatic carbocycles. The van der Waals surface area contributed by atoms with Crippen LogP contribution < -0.4 is 5.32 Å². The lowest BCUT2D eigenvalue weighted by molar-refractivity contribution is -0.147. The van der Waals surface area contributed by atoms with Crippen LogP contribution in [-0.4, -0.2) is 46.6 Å². The summed E-state index contributed by atoms with van der Waals surface area (Å²) in [5.41, 5.74) is 0. The minimum Gasteiger partial charge on any atom is -0.391 e. The molecule has 0 bridgehead atoms. The number of nitrogens with zero attached hydrogens (tertiary/aromatic N) is 1. The Morgan fingerprint density at radius 1 is 1.21 bits per heavy atom. The SMILES string of the molecule is O=C1N[C@@H](CC2CCCCC2)C(=O)N2C[C@H](O)C[C@@H]12. The Balaban J connectivity index is 1.66. The molecule has 1 saturated carbocycles. The zero-order chi connectivity index (χ0) is 13.4. The van der Waals surface area contributed by atoms with Gasteiger partial charge in [0.25, 0.3) is 0 Å². The average Bonchev–Trinajstić information content (AvgIpc) is 2.80. The van der Waals surface area contributed by atoms with Gasteiger partial charge in [-0.3, -0.25) is 9.59 Å². The van der Waals surface area contributed by atoms with E-state index in [4.69, 9.17) is 0 Å². The molecule has 2 aliphatic heterocycles. The summed E-state index contributed by atoms with van der Waals surface area (Å²) in [6.45, 7) is 0.318. The fraction of sp³-hybridized carbons (Fsp3) is 0.857. The van der Waals surface area contributed by atoms with E-state index in [1.807, 2.05) is 0 Å². The molecular weight excluding hydrogens is 244 g/mol. The van der Waals surface area contributed by atoms with Crippen LogP contribution in [0.3, 0.4) is 0 Å². The van der Waals surface area contributed by atoms with Crippen LogP contribution in [0.4, 0.5) is 0 Å². The summed E-state index contributed by atoms with van der Waals surface area (Å²) in [5.74, 6) is 0.482. The van der Waals surface area contributed by atoms with E-state index in [0.29, 0.717) is 18.9 Å². The van der Waals surface area contributed by atoms with Crippen molar-refractivity contribution in [3.8, 4) is 0 Å². The number of piperazine rings is 1. The lowest BCUT2D eigenvalue weighted by Crippen LogP contribution is -2.61. The predicted molar refractivity (Wildman–Crippen MR) is 69.2 cm³/mol. The normalized spacial score (nSPS) is 36.3. The number of carbonyl (C=O) groups excluding carboxylic acids is 2.